The number of rotatable bonds is 1. The van der Waals surface area contributed by atoms with Gasteiger partial charge in [0, 0.05) is 5.41 Å². The molecule has 0 aromatic carbocycles. The maximum Gasteiger partial charge on any atom is 0.313 e. The third-order valence-corrected chi connectivity index (χ3v) is 4.24. The molecular formula is C14H18O5. The maximum atomic E-state index is 12.2. The zero-order chi connectivity index (χ0) is 14.0. The molecular weight excluding hydrogens is 248 g/mol. The summed E-state index contributed by atoms with van der Waals surface area (Å²) in [6.07, 6.45) is 2.98. The molecule has 1 spiro atoms. The molecule has 0 saturated carbocycles. The minimum absolute atomic E-state index is 0.255. The monoisotopic (exact) mass is 266 g/mol. The highest BCUT2D eigenvalue weighted by Crippen LogP contribution is 2.57. The number of methoxy groups -OCH3 is 1. The van der Waals surface area contributed by atoms with Crippen molar-refractivity contribution in [3.05, 3.63) is 12.2 Å². The fraction of sp³-hybridized carbons (Fsp3) is 0.714. The standard InChI is InChI=1S/C14H18O5/c1-13(2,3)12-14-6-5-7(19-14)8(10(15)17-4)9(14)11(16)18-12/h5-9,12H,1-4H3/t7-,8+,9+,12+,14+/m1/s1. The average molecular weight is 266 g/mol. The van der Waals surface area contributed by atoms with E-state index in [-0.39, 0.29) is 23.6 Å². The lowest BCUT2D eigenvalue weighted by molar-refractivity contribution is -0.159. The van der Waals surface area contributed by atoms with E-state index in [9.17, 15) is 9.59 Å². The summed E-state index contributed by atoms with van der Waals surface area (Å²) >= 11 is 0. The number of esters is 2. The van der Waals surface area contributed by atoms with Gasteiger partial charge in [0.15, 0.2) is 0 Å². The van der Waals surface area contributed by atoms with Crippen molar-refractivity contribution < 1.29 is 23.8 Å². The first kappa shape index (κ1) is 12.7. The van der Waals surface area contributed by atoms with E-state index < -0.39 is 23.4 Å². The molecule has 3 aliphatic rings. The first-order chi connectivity index (χ1) is 8.81. The summed E-state index contributed by atoms with van der Waals surface area (Å²) in [4.78, 5) is 24.1. The summed E-state index contributed by atoms with van der Waals surface area (Å²) in [6, 6.07) is 0. The summed E-state index contributed by atoms with van der Waals surface area (Å²) in [7, 11) is 1.33. The van der Waals surface area contributed by atoms with E-state index in [0.717, 1.165) is 0 Å². The van der Waals surface area contributed by atoms with Crippen LogP contribution in [0.2, 0.25) is 0 Å². The lowest BCUT2D eigenvalue weighted by Crippen LogP contribution is -2.48. The molecule has 2 fully saturated rings. The van der Waals surface area contributed by atoms with Crippen molar-refractivity contribution in [3.63, 3.8) is 0 Å². The van der Waals surface area contributed by atoms with Crippen LogP contribution < -0.4 is 0 Å². The molecule has 0 aromatic rings. The van der Waals surface area contributed by atoms with E-state index in [1.54, 1.807) is 0 Å². The van der Waals surface area contributed by atoms with E-state index in [1.807, 2.05) is 32.9 Å². The highest BCUT2D eigenvalue weighted by Gasteiger charge is 2.72. The van der Waals surface area contributed by atoms with Gasteiger partial charge in [-0.15, -0.1) is 0 Å². The number of carbonyl (C=O) groups is 2. The molecule has 19 heavy (non-hydrogen) atoms. The van der Waals surface area contributed by atoms with Crippen molar-refractivity contribution in [1.29, 1.82) is 0 Å². The topological polar surface area (TPSA) is 61.8 Å². The molecule has 0 aromatic heterocycles. The molecule has 3 aliphatic heterocycles. The van der Waals surface area contributed by atoms with Gasteiger partial charge in [0.2, 0.25) is 0 Å². The summed E-state index contributed by atoms with van der Waals surface area (Å²) in [5, 5.41) is 0. The van der Waals surface area contributed by atoms with Crippen molar-refractivity contribution in [1.82, 2.24) is 0 Å². The Bertz CT molecular complexity index is 475. The third-order valence-electron chi connectivity index (χ3n) is 4.24. The van der Waals surface area contributed by atoms with Crippen LogP contribution in [0.1, 0.15) is 20.8 Å². The highest BCUT2D eigenvalue weighted by molar-refractivity contribution is 5.88. The van der Waals surface area contributed by atoms with Gasteiger partial charge in [0.25, 0.3) is 0 Å². The predicted octanol–water partition coefficient (Wildman–Crippen LogP) is 1.07. The SMILES string of the molecule is COC(=O)[C@@H]1[C@H]2C(=O)O[C@@H](C(C)(C)C)[C@]23C=C[C@H]1O3. The summed E-state index contributed by atoms with van der Waals surface area (Å²) < 4.78 is 16.3. The molecule has 0 radical (unpaired) electrons. The van der Waals surface area contributed by atoms with Crippen LogP contribution in [0.4, 0.5) is 0 Å². The minimum Gasteiger partial charge on any atom is -0.469 e. The predicted molar refractivity (Wildman–Crippen MR) is 65.1 cm³/mol. The van der Waals surface area contributed by atoms with Crippen LogP contribution in [0, 0.1) is 17.3 Å². The fourth-order valence-corrected chi connectivity index (χ4v) is 3.58. The lowest BCUT2D eigenvalue weighted by Gasteiger charge is -2.35. The number of hydrogen-bond acceptors (Lipinski definition) is 5. The second kappa shape index (κ2) is 3.60. The van der Waals surface area contributed by atoms with Crippen LogP contribution in [0.15, 0.2) is 12.2 Å². The first-order valence-corrected chi connectivity index (χ1v) is 6.47. The van der Waals surface area contributed by atoms with Crippen molar-refractivity contribution in [2.45, 2.75) is 38.6 Å². The normalized spacial score (nSPS) is 43.3. The Balaban J connectivity index is 2.05. The molecule has 5 atom stereocenters. The second-order valence-electron chi connectivity index (χ2n) is 6.50. The van der Waals surface area contributed by atoms with Gasteiger partial charge < -0.3 is 14.2 Å². The van der Waals surface area contributed by atoms with E-state index in [1.165, 1.54) is 7.11 Å². The van der Waals surface area contributed by atoms with Gasteiger partial charge in [-0.2, -0.15) is 0 Å². The Kier molecular flexibility index (Phi) is 2.40. The van der Waals surface area contributed by atoms with Gasteiger partial charge in [-0.3, -0.25) is 9.59 Å². The summed E-state index contributed by atoms with van der Waals surface area (Å²) in [5.74, 6) is -1.94. The second-order valence-corrected chi connectivity index (χ2v) is 6.50. The molecule has 104 valence electrons. The molecule has 2 bridgehead atoms. The number of fused-ring (bicyclic) bond motifs is 1. The average Bonchev–Trinajstić information content (AvgIpc) is 2.96. The largest absolute Gasteiger partial charge is 0.469 e. The van der Waals surface area contributed by atoms with Crippen LogP contribution in [0.3, 0.4) is 0 Å². The summed E-state index contributed by atoms with van der Waals surface area (Å²) in [5.41, 5.74) is -1.06. The number of carbonyl (C=O) groups excluding carboxylic acids is 2. The van der Waals surface area contributed by atoms with Crippen LogP contribution in [-0.2, 0) is 23.8 Å². The third kappa shape index (κ3) is 1.45. The number of hydrogen-bond donors (Lipinski definition) is 0. The highest BCUT2D eigenvalue weighted by atomic mass is 16.6. The van der Waals surface area contributed by atoms with E-state index >= 15 is 0 Å². The van der Waals surface area contributed by atoms with Gasteiger partial charge in [0.1, 0.15) is 23.5 Å². The quantitative estimate of drug-likeness (QED) is 0.525. The van der Waals surface area contributed by atoms with Crippen LogP contribution in [-0.4, -0.2) is 36.9 Å². The molecule has 5 heteroatoms. The molecule has 0 aliphatic carbocycles. The first-order valence-electron chi connectivity index (χ1n) is 6.47. The number of cyclic esters (lactones) is 1. The molecule has 5 nitrogen and oxygen atoms in total. The minimum atomic E-state index is -0.807. The smallest absolute Gasteiger partial charge is 0.313 e. The van der Waals surface area contributed by atoms with Crippen molar-refractivity contribution in [2.75, 3.05) is 7.11 Å². The van der Waals surface area contributed by atoms with Crippen LogP contribution >= 0.6 is 0 Å². The molecule has 3 heterocycles. The zero-order valence-electron chi connectivity index (χ0n) is 11.5. The van der Waals surface area contributed by atoms with Gasteiger partial charge in [-0.1, -0.05) is 26.8 Å². The van der Waals surface area contributed by atoms with Crippen LogP contribution in [0.5, 0.6) is 0 Å². The Hall–Kier alpha value is -1.36. The molecule has 0 N–H and O–H groups in total. The summed E-state index contributed by atoms with van der Waals surface area (Å²) in [6.45, 7) is 5.99. The fourth-order valence-electron chi connectivity index (χ4n) is 3.58. The molecule has 2 saturated heterocycles. The Morgan fingerprint density at radius 2 is 2.11 bits per heavy atom. The Labute approximate surface area is 111 Å². The van der Waals surface area contributed by atoms with Gasteiger partial charge in [-0.05, 0) is 6.08 Å². The molecule has 3 rings (SSSR count). The molecule has 0 amide bonds. The van der Waals surface area contributed by atoms with Gasteiger partial charge >= 0.3 is 11.9 Å². The van der Waals surface area contributed by atoms with Crippen molar-refractivity contribution in [2.24, 2.45) is 17.3 Å². The zero-order valence-corrected chi connectivity index (χ0v) is 11.5. The van der Waals surface area contributed by atoms with E-state index in [4.69, 9.17) is 14.2 Å². The van der Waals surface area contributed by atoms with E-state index in [0.29, 0.717) is 0 Å². The van der Waals surface area contributed by atoms with E-state index in [2.05, 4.69) is 0 Å². The van der Waals surface area contributed by atoms with Crippen LogP contribution in [0.25, 0.3) is 0 Å². The maximum absolute atomic E-state index is 12.2. The lowest BCUT2D eigenvalue weighted by atomic mass is 9.69. The van der Waals surface area contributed by atoms with Crippen molar-refractivity contribution >= 4 is 11.9 Å². The number of ether oxygens (including phenoxy) is 3. The molecule has 0 unspecified atom stereocenters. The van der Waals surface area contributed by atoms with Gasteiger partial charge in [0.05, 0.1) is 13.2 Å². The van der Waals surface area contributed by atoms with Gasteiger partial charge in [-0.25, -0.2) is 0 Å². The Morgan fingerprint density at radius 1 is 1.42 bits per heavy atom. The Morgan fingerprint density at radius 3 is 2.68 bits per heavy atom. The van der Waals surface area contributed by atoms with Crippen molar-refractivity contribution in [3.8, 4) is 0 Å².